The highest BCUT2D eigenvalue weighted by Crippen LogP contribution is 1.99. The Morgan fingerprint density at radius 2 is 2.30 bits per heavy atom. The van der Waals surface area contributed by atoms with Crippen molar-refractivity contribution in [1.29, 1.82) is 0 Å². The maximum absolute atomic E-state index is 12.2. The topological polar surface area (TPSA) is 20.2 Å². The Morgan fingerprint density at radius 3 is 2.60 bits per heavy atom. The lowest BCUT2D eigenvalue weighted by molar-refractivity contribution is -0.915. The summed E-state index contributed by atoms with van der Waals surface area (Å²) in [6.07, 6.45) is 5.01. The number of likely N-dealkylation sites (N-methyl/N-ethyl adjacent to an activating group) is 1. The van der Waals surface area contributed by atoms with Crippen LogP contribution in [0.25, 0.3) is 0 Å². The van der Waals surface area contributed by atoms with E-state index in [2.05, 4.69) is 5.92 Å². The van der Waals surface area contributed by atoms with Crippen LogP contribution in [0.4, 0.5) is 4.39 Å². The maximum atomic E-state index is 12.2. The summed E-state index contributed by atoms with van der Waals surface area (Å²) in [6, 6.07) is 0. The molecule has 0 spiro atoms. The Labute approximate surface area is 60.9 Å². The molecule has 0 saturated carbocycles. The van der Waals surface area contributed by atoms with Gasteiger partial charge in [-0.15, -0.1) is 6.42 Å². The van der Waals surface area contributed by atoms with Gasteiger partial charge in [-0.3, -0.25) is 4.48 Å². The van der Waals surface area contributed by atoms with Crippen LogP contribution in [0, 0.1) is 12.3 Å². The summed E-state index contributed by atoms with van der Waals surface area (Å²) in [7, 11) is 1.68. The number of alkyl halides is 1. The first-order valence-electron chi connectivity index (χ1n) is 3.12. The fourth-order valence-electron chi connectivity index (χ4n) is 0.643. The fraction of sp³-hybridized carbons (Fsp3) is 0.714. The number of aliphatic hydroxyl groups excluding tert-OH is 1. The summed E-state index contributed by atoms with van der Waals surface area (Å²) in [5.41, 5.74) is 0. The number of aliphatic hydroxyl groups is 1. The molecule has 0 aliphatic heterocycles. The average molecular weight is 146 g/mol. The smallest absolute Gasteiger partial charge is 0.222 e. The zero-order valence-corrected chi connectivity index (χ0v) is 6.18. The van der Waals surface area contributed by atoms with Crippen molar-refractivity contribution in [3.05, 3.63) is 0 Å². The molecule has 58 valence electrons. The predicted molar refractivity (Wildman–Crippen MR) is 37.8 cm³/mol. The second-order valence-corrected chi connectivity index (χ2v) is 2.55. The second kappa shape index (κ2) is 4.26. The third-order valence-corrected chi connectivity index (χ3v) is 1.40. The summed E-state index contributed by atoms with van der Waals surface area (Å²) >= 11 is 0. The first kappa shape index (κ1) is 9.41. The molecule has 3 heteroatoms. The van der Waals surface area contributed by atoms with Crippen LogP contribution in [0.5, 0.6) is 0 Å². The van der Waals surface area contributed by atoms with Gasteiger partial charge in [0.2, 0.25) is 6.80 Å². The fourth-order valence-corrected chi connectivity index (χ4v) is 0.643. The zero-order chi connectivity index (χ0) is 8.04. The lowest BCUT2D eigenvalue weighted by atomic mass is 10.4. The number of rotatable bonds is 4. The van der Waals surface area contributed by atoms with Crippen molar-refractivity contribution in [1.82, 2.24) is 0 Å². The molecule has 1 N–H and O–H groups in total. The molecule has 0 aromatic rings. The van der Waals surface area contributed by atoms with E-state index >= 15 is 0 Å². The van der Waals surface area contributed by atoms with Crippen LogP contribution in [0.3, 0.4) is 0 Å². The van der Waals surface area contributed by atoms with Gasteiger partial charge >= 0.3 is 0 Å². The van der Waals surface area contributed by atoms with E-state index in [1.165, 1.54) is 0 Å². The number of nitrogens with zero attached hydrogens (tertiary/aromatic N) is 1. The van der Waals surface area contributed by atoms with Crippen molar-refractivity contribution in [2.75, 3.05) is 33.5 Å². The molecule has 0 aromatic heterocycles. The molecule has 0 saturated heterocycles. The number of terminal acetylenes is 1. The quantitative estimate of drug-likeness (QED) is 0.336. The lowest BCUT2D eigenvalue weighted by Crippen LogP contribution is -2.45. The van der Waals surface area contributed by atoms with Crippen LogP contribution in [0.2, 0.25) is 0 Å². The van der Waals surface area contributed by atoms with Crippen molar-refractivity contribution in [2.45, 2.75) is 0 Å². The summed E-state index contributed by atoms with van der Waals surface area (Å²) < 4.78 is 12.3. The van der Waals surface area contributed by atoms with Crippen LogP contribution < -0.4 is 0 Å². The zero-order valence-electron chi connectivity index (χ0n) is 6.18. The number of quaternary nitrogens is 1. The molecule has 0 aliphatic rings. The van der Waals surface area contributed by atoms with Crippen LogP contribution in [0.15, 0.2) is 0 Å². The second-order valence-electron chi connectivity index (χ2n) is 2.55. The van der Waals surface area contributed by atoms with Crippen molar-refractivity contribution in [3.63, 3.8) is 0 Å². The normalized spacial score (nSPS) is 15.8. The van der Waals surface area contributed by atoms with E-state index in [4.69, 9.17) is 11.5 Å². The van der Waals surface area contributed by atoms with Gasteiger partial charge in [0.25, 0.3) is 0 Å². The highest BCUT2D eigenvalue weighted by atomic mass is 19.1. The van der Waals surface area contributed by atoms with Crippen LogP contribution in [0.1, 0.15) is 0 Å². The molecule has 0 bridgehead atoms. The van der Waals surface area contributed by atoms with Crippen molar-refractivity contribution in [3.8, 4) is 12.3 Å². The summed E-state index contributed by atoms with van der Waals surface area (Å²) in [5, 5.41) is 8.51. The molecule has 0 aromatic carbocycles. The monoisotopic (exact) mass is 146 g/mol. The molecule has 2 nitrogen and oxygen atoms in total. The van der Waals surface area contributed by atoms with Gasteiger partial charge in [0.05, 0.1) is 13.7 Å². The Bertz CT molecular complexity index is 132. The van der Waals surface area contributed by atoms with Gasteiger partial charge < -0.3 is 5.11 Å². The molecular formula is C7H13FNO+. The predicted octanol–water partition coefficient (Wildman–Crippen LogP) is -0.0145. The molecule has 0 amide bonds. The van der Waals surface area contributed by atoms with Crippen molar-refractivity contribution >= 4 is 0 Å². The van der Waals surface area contributed by atoms with Crippen LogP contribution in [-0.4, -0.2) is 43.1 Å². The molecule has 10 heavy (non-hydrogen) atoms. The summed E-state index contributed by atoms with van der Waals surface area (Å²) in [6.45, 7) is 0.157. The summed E-state index contributed by atoms with van der Waals surface area (Å²) in [4.78, 5) is 0. The van der Waals surface area contributed by atoms with Gasteiger partial charge in [0.15, 0.2) is 0 Å². The highest BCUT2D eigenvalue weighted by Gasteiger charge is 2.17. The Morgan fingerprint density at radius 1 is 1.70 bits per heavy atom. The molecule has 0 heterocycles. The van der Waals surface area contributed by atoms with E-state index in [1.54, 1.807) is 7.05 Å². The van der Waals surface area contributed by atoms with Gasteiger partial charge in [-0.25, -0.2) is 0 Å². The first-order valence-corrected chi connectivity index (χ1v) is 3.12. The van der Waals surface area contributed by atoms with Gasteiger partial charge in [-0.1, -0.05) is 0 Å². The van der Waals surface area contributed by atoms with Gasteiger partial charge in [-0.2, -0.15) is 4.39 Å². The van der Waals surface area contributed by atoms with E-state index in [-0.39, 0.29) is 11.1 Å². The van der Waals surface area contributed by atoms with Gasteiger partial charge in [0, 0.05) is 0 Å². The van der Waals surface area contributed by atoms with E-state index in [9.17, 15) is 4.39 Å². The Hall–Kier alpha value is -0.590. The number of hydrogen-bond acceptors (Lipinski definition) is 1. The molecular weight excluding hydrogens is 133 g/mol. The summed E-state index contributed by atoms with van der Waals surface area (Å²) in [5.74, 6) is 2.37. The van der Waals surface area contributed by atoms with E-state index in [0.717, 1.165) is 0 Å². The molecule has 0 fully saturated rings. The average Bonchev–Trinajstić information content (AvgIpc) is 1.89. The molecule has 0 aliphatic carbocycles. The Kier molecular flexibility index (Phi) is 4.01. The lowest BCUT2D eigenvalue weighted by Gasteiger charge is -2.27. The van der Waals surface area contributed by atoms with Crippen molar-refractivity contribution < 1.29 is 14.0 Å². The molecule has 1 atom stereocenters. The number of hydrogen-bond donors (Lipinski definition) is 1. The molecule has 1 unspecified atom stereocenters. The van der Waals surface area contributed by atoms with Crippen LogP contribution in [-0.2, 0) is 0 Å². The van der Waals surface area contributed by atoms with Crippen LogP contribution >= 0.6 is 0 Å². The minimum atomic E-state index is -0.523. The third kappa shape index (κ3) is 2.81. The highest BCUT2D eigenvalue weighted by molar-refractivity contribution is 4.83. The van der Waals surface area contributed by atoms with Crippen molar-refractivity contribution in [2.24, 2.45) is 0 Å². The first-order chi connectivity index (χ1) is 4.68. The SMILES string of the molecule is C#CC[N+](C)(CF)CCO. The molecule has 0 radical (unpaired) electrons. The largest absolute Gasteiger partial charge is 0.391 e. The standard InChI is InChI=1S/C7H13FNO/c1-3-4-9(2,7-8)5-6-10/h1,10H,4-7H2,2H3/q+1. The molecule has 0 rings (SSSR count). The third-order valence-electron chi connectivity index (χ3n) is 1.40. The minimum Gasteiger partial charge on any atom is -0.391 e. The van der Waals surface area contributed by atoms with E-state index in [0.29, 0.717) is 13.1 Å². The number of halogens is 1. The van der Waals surface area contributed by atoms with Gasteiger partial charge in [-0.05, 0) is 5.92 Å². The minimum absolute atomic E-state index is 0.0257. The van der Waals surface area contributed by atoms with Gasteiger partial charge in [0.1, 0.15) is 13.1 Å². The van der Waals surface area contributed by atoms with E-state index in [1.807, 2.05) is 0 Å². The Balaban J connectivity index is 3.84. The maximum Gasteiger partial charge on any atom is 0.222 e. The van der Waals surface area contributed by atoms with E-state index < -0.39 is 6.80 Å².